The number of ether oxygens (including phenoxy) is 2. The third-order valence-corrected chi connectivity index (χ3v) is 5.73. The molecule has 2 heterocycles. The van der Waals surface area contributed by atoms with Crippen molar-refractivity contribution in [3.05, 3.63) is 65.2 Å². The molecule has 1 aliphatic heterocycles. The van der Waals surface area contributed by atoms with E-state index in [2.05, 4.69) is 15.2 Å². The maximum atomic E-state index is 13.9. The molecule has 0 unspecified atom stereocenters. The van der Waals surface area contributed by atoms with Gasteiger partial charge in [-0.3, -0.25) is 9.69 Å². The van der Waals surface area contributed by atoms with E-state index in [0.717, 1.165) is 29.8 Å². The number of amides is 1. The van der Waals surface area contributed by atoms with Crippen molar-refractivity contribution in [1.29, 1.82) is 0 Å². The predicted molar refractivity (Wildman–Crippen MR) is 117 cm³/mol. The van der Waals surface area contributed by atoms with Crippen LogP contribution in [0.15, 0.2) is 42.5 Å². The van der Waals surface area contributed by atoms with Gasteiger partial charge < -0.3 is 14.4 Å². The van der Waals surface area contributed by atoms with Gasteiger partial charge in [0.25, 0.3) is 5.91 Å². The second kappa shape index (κ2) is 9.90. The molecule has 1 aliphatic rings. The first kappa shape index (κ1) is 24.5. The molecule has 8 nitrogen and oxygen atoms in total. The summed E-state index contributed by atoms with van der Waals surface area (Å²) < 4.78 is 65.9. The Balaban J connectivity index is 1.47. The number of nitrogens with zero attached hydrogens (tertiary/aromatic N) is 5. The molecule has 0 spiro atoms. The Morgan fingerprint density at radius 1 is 0.971 bits per heavy atom. The Hall–Kier alpha value is -3.67. The standard InChI is InChI=1S/C23H23F4N5O3/c1-34-18-8-3-15(13-19(18)35-2)14-30-9-11-31(12-10-30)22(33)20-21(23(25,26)27)32(29-28-20)17-6-4-16(24)5-7-17/h3-8,13H,9-12,14H2,1-2H3. The fourth-order valence-corrected chi connectivity index (χ4v) is 3.94. The fraction of sp³-hybridized carbons (Fsp3) is 0.348. The minimum Gasteiger partial charge on any atom is -0.493 e. The van der Waals surface area contributed by atoms with Crippen LogP contribution in [0, 0.1) is 5.82 Å². The van der Waals surface area contributed by atoms with Gasteiger partial charge in [0, 0.05) is 32.7 Å². The van der Waals surface area contributed by atoms with E-state index in [0.29, 0.717) is 35.8 Å². The fourth-order valence-electron chi connectivity index (χ4n) is 3.94. The lowest BCUT2D eigenvalue weighted by Crippen LogP contribution is -2.48. The van der Waals surface area contributed by atoms with Crippen molar-refractivity contribution in [2.45, 2.75) is 12.7 Å². The molecule has 35 heavy (non-hydrogen) atoms. The number of benzene rings is 2. The van der Waals surface area contributed by atoms with Gasteiger partial charge >= 0.3 is 6.18 Å². The number of aromatic nitrogens is 3. The quantitative estimate of drug-likeness (QED) is 0.491. The van der Waals surface area contributed by atoms with Gasteiger partial charge in [0.15, 0.2) is 22.9 Å². The summed E-state index contributed by atoms with van der Waals surface area (Å²) in [5, 5.41) is 7.09. The van der Waals surface area contributed by atoms with Gasteiger partial charge in [-0.1, -0.05) is 11.3 Å². The summed E-state index contributed by atoms with van der Waals surface area (Å²) in [5.74, 6) is -0.246. The first-order chi connectivity index (χ1) is 16.7. The second-order valence-corrected chi connectivity index (χ2v) is 7.93. The van der Waals surface area contributed by atoms with E-state index in [1.807, 2.05) is 12.1 Å². The van der Waals surface area contributed by atoms with E-state index < -0.39 is 29.3 Å². The van der Waals surface area contributed by atoms with Gasteiger partial charge in [-0.2, -0.15) is 13.2 Å². The molecule has 1 fully saturated rings. The number of piperazine rings is 1. The smallest absolute Gasteiger partial charge is 0.435 e. The molecule has 3 aromatic rings. The van der Waals surface area contributed by atoms with E-state index in [-0.39, 0.29) is 18.8 Å². The zero-order chi connectivity index (χ0) is 25.2. The maximum absolute atomic E-state index is 13.9. The Bertz CT molecular complexity index is 1190. The van der Waals surface area contributed by atoms with Crippen LogP contribution in [0.3, 0.4) is 0 Å². The topological polar surface area (TPSA) is 72.7 Å². The van der Waals surface area contributed by atoms with E-state index in [1.54, 1.807) is 20.3 Å². The molecule has 12 heteroatoms. The van der Waals surface area contributed by atoms with Crippen LogP contribution < -0.4 is 9.47 Å². The number of rotatable bonds is 6. The minimum absolute atomic E-state index is 0.0509. The monoisotopic (exact) mass is 493 g/mol. The van der Waals surface area contributed by atoms with Gasteiger partial charge in [0.2, 0.25) is 0 Å². The van der Waals surface area contributed by atoms with Crippen molar-refractivity contribution in [3.8, 4) is 17.2 Å². The van der Waals surface area contributed by atoms with E-state index in [4.69, 9.17) is 9.47 Å². The molecule has 0 atom stereocenters. The summed E-state index contributed by atoms with van der Waals surface area (Å²) in [6.07, 6.45) is -4.89. The Morgan fingerprint density at radius 3 is 2.23 bits per heavy atom. The maximum Gasteiger partial charge on any atom is 0.435 e. The molecular weight excluding hydrogens is 470 g/mol. The largest absolute Gasteiger partial charge is 0.493 e. The third kappa shape index (κ3) is 5.21. The Labute approximate surface area is 198 Å². The highest BCUT2D eigenvalue weighted by atomic mass is 19.4. The molecule has 0 saturated carbocycles. The van der Waals surface area contributed by atoms with E-state index in [9.17, 15) is 22.4 Å². The highest BCUT2D eigenvalue weighted by molar-refractivity contribution is 5.93. The molecule has 0 radical (unpaired) electrons. The summed E-state index contributed by atoms with van der Waals surface area (Å²) in [4.78, 5) is 16.4. The second-order valence-electron chi connectivity index (χ2n) is 7.93. The van der Waals surface area contributed by atoms with Crippen LogP contribution in [0.5, 0.6) is 11.5 Å². The number of methoxy groups -OCH3 is 2. The zero-order valence-electron chi connectivity index (χ0n) is 19.0. The molecule has 1 amide bonds. The van der Waals surface area contributed by atoms with Crippen molar-refractivity contribution in [2.75, 3.05) is 40.4 Å². The predicted octanol–water partition coefficient (Wildman–Crippen LogP) is 3.40. The summed E-state index contributed by atoms with van der Waals surface area (Å²) >= 11 is 0. The highest BCUT2D eigenvalue weighted by Crippen LogP contribution is 2.33. The number of hydrogen-bond acceptors (Lipinski definition) is 6. The first-order valence-electron chi connectivity index (χ1n) is 10.7. The molecule has 2 aromatic carbocycles. The molecular formula is C23H23F4N5O3. The van der Waals surface area contributed by atoms with Crippen LogP contribution in [0.4, 0.5) is 17.6 Å². The number of alkyl halides is 3. The van der Waals surface area contributed by atoms with Crippen molar-refractivity contribution in [3.63, 3.8) is 0 Å². The molecule has 186 valence electrons. The molecule has 1 aromatic heterocycles. The van der Waals surface area contributed by atoms with Gasteiger partial charge in [-0.25, -0.2) is 9.07 Å². The Kier molecular flexibility index (Phi) is 6.92. The lowest BCUT2D eigenvalue weighted by molar-refractivity contribution is -0.143. The summed E-state index contributed by atoms with van der Waals surface area (Å²) in [7, 11) is 3.10. The molecule has 1 saturated heterocycles. The van der Waals surface area contributed by atoms with Crippen LogP contribution in [0.2, 0.25) is 0 Å². The van der Waals surface area contributed by atoms with Gasteiger partial charge in [0.05, 0.1) is 19.9 Å². The summed E-state index contributed by atoms with van der Waals surface area (Å²) in [6, 6.07) is 9.87. The SMILES string of the molecule is COc1ccc(CN2CCN(C(=O)c3nnn(-c4ccc(F)cc4)c3C(F)(F)F)CC2)cc1OC. The lowest BCUT2D eigenvalue weighted by Gasteiger charge is -2.34. The minimum atomic E-state index is -4.89. The molecule has 0 bridgehead atoms. The van der Waals surface area contributed by atoms with Crippen molar-refractivity contribution >= 4 is 5.91 Å². The lowest BCUT2D eigenvalue weighted by atomic mass is 10.1. The third-order valence-electron chi connectivity index (χ3n) is 5.73. The summed E-state index contributed by atoms with van der Waals surface area (Å²) in [6.45, 7) is 1.97. The van der Waals surface area contributed by atoms with Gasteiger partial charge in [-0.15, -0.1) is 5.10 Å². The summed E-state index contributed by atoms with van der Waals surface area (Å²) in [5.41, 5.74) is -1.15. The van der Waals surface area contributed by atoms with Crippen LogP contribution in [-0.2, 0) is 12.7 Å². The van der Waals surface area contributed by atoms with Crippen LogP contribution in [-0.4, -0.2) is 71.1 Å². The highest BCUT2D eigenvalue weighted by Gasteiger charge is 2.43. The van der Waals surface area contributed by atoms with Crippen LogP contribution in [0.25, 0.3) is 5.69 Å². The van der Waals surface area contributed by atoms with Crippen molar-refractivity contribution < 1.29 is 31.8 Å². The first-order valence-corrected chi connectivity index (χ1v) is 10.7. The van der Waals surface area contributed by atoms with Gasteiger partial charge in [-0.05, 0) is 42.0 Å². The molecule has 0 N–H and O–H groups in total. The zero-order valence-corrected chi connectivity index (χ0v) is 19.0. The van der Waals surface area contributed by atoms with E-state index in [1.165, 1.54) is 4.90 Å². The van der Waals surface area contributed by atoms with Gasteiger partial charge in [0.1, 0.15) is 5.82 Å². The molecule has 0 aliphatic carbocycles. The molecule has 4 rings (SSSR count). The normalized spacial score (nSPS) is 14.7. The number of carbonyl (C=O) groups is 1. The number of hydrogen-bond donors (Lipinski definition) is 0. The Morgan fingerprint density at radius 2 is 1.63 bits per heavy atom. The van der Waals surface area contributed by atoms with Crippen molar-refractivity contribution in [1.82, 2.24) is 24.8 Å². The average Bonchev–Trinajstić information content (AvgIpc) is 3.30. The van der Waals surface area contributed by atoms with Crippen LogP contribution in [0.1, 0.15) is 21.7 Å². The average molecular weight is 493 g/mol. The number of carbonyl (C=O) groups excluding carboxylic acids is 1. The van der Waals surface area contributed by atoms with Crippen LogP contribution >= 0.6 is 0 Å². The van der Waals surface area contributed by atoms with Crippen molar-refractivity contribution in [2.24, 2.45) is 0 Å². The number of halogens is 4. The van der Waals surface area contributed by atoms with E-state index >= 15 is 0 Å².